The van der Waals surface area contributed by atoms with Crippen LogP contribution in [0.4, 0.5) is 0 Å². The molecule has 3 N–H and O–H groups in total. The summed E-state index contributed by atoms with van der Waals surface area (Å²) in [5, 5.41) is 2.92. The molecule has 1 amide bonds. The molecule has 0 radical (unpaired) electrons. The Labute approximate surface area is 135 Å². The topological polar surface area (TPSA) is 77.8 Å². The largest absolute Gasteiger partial charge is 0.365 e. The van der Waals surface area contributed by atoms with Crippen molar-refractivity contribution in [3.8, 4) is 0 Å². The molecule has 5 heteroatoms. The van der Waals surface area contributed by atoms with E-state index in [4.69, 9.17) is 0 Å². The smallest absolute Gasteiger partial charge is 0.268 e. The van der Waals surface area contributed by atoms with Crippen molar-refractivity contribution in [3.05, 3.63) is 46.5 Å². The minimum absolute atomic E-state index is 0.0528. The molecule has 0 spiro atoms. The number of hydrogen-bond donors (Lipinski definition) is 3. The van der Waals surface area contributed by atoms with Crippen LogP contribution in [0.25, 0.3) is 0 Å². The van der Waals surface area contributed by atoms with Gasteiger partial charge in [-0.15, -0.1) is 0 Å². The van der Waals surface area contributed by atoms with E-state index >= 15 is 0 Å². The van der Waals surface area contributed by atoms with E-state index in [9.17, 15) is 9.59 Å². The van der Waals surface area contributed by atoms with Gasteiger partial charge in [0.15, 0.2) is 5.78 Å². The van der Waals surface area contributed by atoms with Crippen molar-refractivity contribution in [2.45, 2.75) is 40.0 Å². The lowest BCUT2D eigenvalue weighted by atomic mass is 9.75. The van der Waals surface area contributed by atoms with Crippen LogP contribution in [-0.4, -0.2) is 28.2 Å². The molecule has 1 aliphatic carbocycles. The standard InChI is InChI=1S/C18H23N3O2/c1-11-15-13(9-18(2,3)10-14(15)22)21-16(11)17(23)20-8-6-12-5-4-7-19-12/h4-5,7,19,21H,6,8-10H2,1-3H3,(H,20,23). The van der Waals surface area contributed by atoms with Gasteiger partial charge in [0.1, 0.15) is 5.69 Å². The van der Waals surface area contributed by atoms with Crippen molar-refractivity contribution in [3.63, 3.8) is 0 Å². The molecule has 0 bridgehead atoms. The third kappa shape index (κ3) is 3.09. The number of aromatic nitrogens is 2. The fourth-order valence-electron chi connectivity index (χ4n) is 3.38. The number of carbonyl (C=O) groups excluding carboxylic acids is 2. The second kappa shape index (κ2) is 5.72. The van der Waals surface area contributed by atoms with Gasteiger partial charge in [-0.25, -0.2) is 0 Å². The molecule has 0 atom stereocenters. The van der Waals surface area contributed by atoms with Crippen molar-refractivity contribution < 1.29 is 9.59 Å². The maximum atomic E-state index is 12.4. The molecule has 0 saturated heterocycles. The second-order valence-corrected chi connectivity index (χ2v) is 7.12. The van der Waals surface area contributed by atoms with Crippen LogP contribution in [0.1, 0.15) is 58.1 Å². The number of Topliss-reactive ketones (excluding diaryl/α,β-unsaturated/α-hetero) is 1. The summed E-state index contributed by atoms with van der Waals surface area (Å²) in [7, 11) is 0. The molecule has 0 unspecified atom stereocenters. The molecule has 1 aliphatic rings. The predicted molar refractivity (Wildman–Crippen MR) is 88.8 cm³/mol. The van der Waals surface area contributed by atoms with Gasteiger partial charge in [-0.2, -0.15) is 0 Å². The predicted octanol–water partition coefficient (Wildman–Crippen LogP) is 2.78. The zero-order valence-corrected chi connectivity index (χ0v) is 13.9. The Balaban J connectivity index is 1.73. The quantitative estimate of drug-likeness (QED) is 0.811. The third-order valence-corrected chi connectivity index (χ3v) is 4.47. The van der Waals surface area contributed by atoms with Gasteiger partial charge < -0.3 is 15.3 Å². The molecule has 2 aromatic rings. The van der Waals surface area contributed by atoms with Crippen molar-refractivity contribution in [1.82, 2.24) is 15.3 Å². The van der Waals surface area contributed by atoms with Crippen molar-refractivity contribution in [1.29, 1.82) is 0 Å². The monoisotopic (exact) mass is 313 g/mol. The van der Waals surface area contributed by atoms with Gasteiger partial charge in [-0.3, -0.25) is 9.59 Å². The molecule has 2 aromatic heterocycles. The van der Waals surface area contributed by atoms with E-state index < -0.39 is 0 Å². The van der Waals surface area contributed by atoms with Gasteiger partial charge in [0.05, 0.1) is 0 Å². The Kier molecular flexibility index (Phi) is 3.88. The van der Waals surface area contributed by atoms with E-state index in [-0.39, 0.29) is 17.1 Å². The van der Waals surface area contributed by atoms with Crippen molar-refractivity contribution in [2.75, 3.05) is 6.54 Å². The number of aromatic amines is 2. The first-order valence-electron chi connectivity index (χ1n) is 8.02. The molecule has 0 saturated carbocycles. The maximum absolute atomic E-state index is 12.4. The summed E-state index contributed by atoms with van der Waals surface area (Å²) in [6, 6.07) is 3.93. The molecule has 5 nitrogen and oxygen atoms in total. The van der Waals surface area contributed by atoms with Crippen LogP contribution < -0.4 is 5.32 Å². The summed E-state index contributed by atoms with van der Waals surface area (Å²) >= 11 is 0. The molecule has 2 heterocycles. The number of ketones is 1. The van der Waals surface area contributed by atoms with Gasteiger partial charge in [0.2, 0.25) is 0 Å². The van der Waals surface area contributed by atoms with Crippen LogP contribution in [0.5, 0.6) is 0 Å². The third-order valence-electron chi connectivity index (χ3n) is 4.47. The normalized spacial score (nSPS) is 16.2. The van der Waals surface area contributed by atoms with Gasteiger partial charge in [0.25, 0.3) is 5.91 Å². The Bertz CT molecular complexity index is 739. The number of hydrogen-bond acceptors (Lipinski definition) is 2. The summed E-state index contributed by atoms with van der Waals surface area (Å²) in [6.07, 6.45) is 3.95. The zero-order valence-electron chi connectivity index (χ0n) is 13.9. The summed E-state index contributed by atoms with van der Waals surface area (Å²) in [4.78, 5) is 31.1. The van der Waals surface area contributed by atoms with Gasteiger partial charge in [-0.05, 0) is 36.5 Å². The molecule has 0 aliphatic heterocycles. The van der Waals surface area contributed by atoms with Crippen LogP contribution in [0, 0.1) is 12.3 Å². The molecule has 23 heavy (non-hydrogen) atoms. The SMILES string of the molecule is Cc1c(C(=O)NCCc2ccc[nH]2)[nH]c2c1C(=O)CC(C)(C)C2. The molecule has 3 rings (SSSR count). The summed E-state index contributed by atoms with van der Waals surface area (Å²) < 4.78 is 0. The lowest BCUT2D eigenvalue weighted by Gasteiger charge is -2.28. The molecule has 0 fully saturated rings. The second-order valence-electron chi connectivity index (χ2n) is 7.12. The number of rotatable bonds is 4. The number of H-pyrrole nitrogens is 2. The van der Waals surface area contributed by atoms with Crippen LogP contribution in [-0.2, 0) is 12.8 Å². The fourth-order valence-corrected chi connectivity index (χ4v) is 3.38. The Hall–Kier alpha value is -2.30. The highest BCUT2D eigenvalue weighted by Crippen LogP contribution is 2.36. The zero-order chi connectivity index (χ0) is 16.6. The van der Waals surface area contributed by atoms with Crippen LogP contribution in [0.3, 0.4) is 0 Å². The molecule has 122 valence electrons. The van der Waals surface area contributed by atoms with Crippen molar-refractivity contribution >= 4 is 11.7 Å². The molecular formula is C18H23N3O2. The maximum Gasteiger partial charge on any atom is 0.268 e. The van der Waals surface area contributed by atoms with E-state index in [1.807, 2.05) is 25.3 Å². The van der Waals surface area contributed by atoms with E-state index in [0.717, 1.165) is 35.4 Å². The van der Waals surface area contributed by atoms with Gasteiger partial charge in [-0.1, -0.05) is 13.8 Å². The van der Waals surface area contributed by atoms with E-state index in [1.165, 1.54) is 0 Å². The lowest BCUT2D eigenvalue weighted by molar-refractivity contribution is 0.0909. The van der Waals surface area contributed by atoms with Gasteiger partial charge >= 0.3 is 0 Å². The van der Waals surface area contributed by atoms with Crippen molar-refractivity contribution in [2.24, 2.45) is 5.41 Å². The first kappa shape index (κ1) is 15.6. The van der Waals surface area contributed by atoms with Crippen LogP contribution in [0.15, 0.2) is 18.3 Å². The molecular weight excluding hydrogens is 290 g/mol. The van der Waals surface area contributed by atoms with Crippen LogP contribution >= 0.6 is 0 Å². The summed E-state index contributed by atoms with van der Waals surface area (Å²) in [5.74, 6) is -0.00972. The first-order chi connectivity index (χ1) is 10.9. The Morgan fingerprint density at radius 3 is 2.83 bits per heavy atom. The summed E-state index contributed by atoms with van der Waals surface area (Å²) in [5.41, 5.74) is 3.95. The first-order valence-corrected chi connectivity index (χ1v) is 8.02. The van der Waals surface area contributed by atoms with Crippen LogP contribution in [0.2, 0.25) is 0 Å². The Morgan fingerprint density at radius 2 is 2.13 bits per heavy atom. The Morgan fingerprint density at radius 1 is 1.35 bits per heavy atom. The number of fused-ring (bicyclic) bond motifs is 1. The highest BCUT2D eigenvalue weighted by Gasteiger charge is 2.35. The number of carbonyl (C=O) groups is 2. The fraction of sp³-hybridized carbons (Fsp3) is 0.444. The lowest BCUT2D eigenvalue weighted by Crippen LogP contribution is -2.26. The number of nitrogens with one attached hydrogen (secondary N) is 3. The summed E-state index contributed by atoms with van der Waals surface area (Å²) in [6.45, 7) is 6.58. The van der Waals surface area contributed by atoms with E-state index in [2.05, 4.69) is 29.1 Å². The number of amides is 1. The van der Waals surface area contributed by atoms with Gasteiger partial charge in [0, 0.05) is 42.5 Å². The average molecular weight is 313 g/mol. The highest BCUT2D eigenvalue weighted by atomic mass is 16.2. The minimum atomic E-state index is -0.144. The van der Waals surface area contributed by atoms with E-state index in [1.54, 1.807) is 0 Å². The molecule has 0 aromatic carbocycles. The average Bonchev–Trinajstić information content (AvgIpc) is 3.05. The highest BCUT2D eigenvalue weighted by molar-refractivity contribution is 6.04. The minimum Gasteiger partial charge on any atom is -0.365 e. The van der Waals surface area contributed by atoms with E-state index in [0.29, 0.717) is 18.7 Å².